The second kappa shape index (κ2) is 8.41. The van der Waals surface area contributed by atoms with Crippen molar-refractivity contribution in [2.75, 3.05) is 6.61 Å². The summed E-state index contributed by atoms with van der Waals surface area (Å²) in [5.41, 5.74) is 4.90. The van der Waals surface area contributed by atoms with Gasteiger partial charge in [-0.05, 0) is 51.0 Å². The number of aliphatic hydroxyl groups is 1. The molecule has 1 aromatic carbocycles. The number of rotatable bonds is 6. The topological polar surface area (TPSA) is 92.4 Å². The molecular formula is C23H24N2O4. The molecule has 1 heterocycles. The molecule has 0 fully saturated rings. The lowest BCUT2D eigenvalue weighted by Gasteiger charge is -2.20. The number of aromatic nitrogens is 2. The molecule has 6 nitrogen and oxygen atoms in total. The first-order valence-electron chi connectivity index (χ1n) is 9.41. The van der Waals surface area contributed by atoms with Crippen molar-refractivity contribution in [3.05, 3.63) is 75.0 Å². The number of allylic oxidation sites excluding steroid dienone is 3. The van der Waals surface area contributed by atoms with Crippen molar-refractivity contribution in [1.29, 1.82) is 0 Å². The lowest BCUT2D eigenvalue weighted by Crippen LogP contribution is -2.15. The summed E-state index contributed by atoms with van der Waals surface area (Å²) in [7, 11) is 0. The quantitative estimate of drug-likeness (QED) is 0.493. The Labute approximate surface area is 168 Å². The molecule has 1 aromatic rings. The Morgan fingerprint density at radius 2 is 1.93 bits per heavy atom. The van der Waals surface area contributed by atoms with E-state index in [1.807, 2.05) is 37.5 Å². The fourth-order valence-corrected chi connectivity index (χ4v) is 3.24. The number of aliphatic hydroxyl groups excluding tert-OH is 1. The minimum atomic E-state index is -1.05. The Bertz CT molecular complexity index is 1170. The molecule has 0 unspecified atom stereocenters. The smallest absolute Gasteiger partial charge is 0.337 e. The Morgan fingerprint density at radius 1 is 1.17 bits per heavy atom. The SMILES string of the molecule is CC(C)=CCc1cc(=O)cc2n(C/C=C(\C)CO)c3cccc(C(=O)O)c3nc1-2. The van der Waals surface area contributed by atoms with Crippen molar-refractivity contribution >= 4 is 17.0 Å². The molecular weight excluding hydrogens is 368 g/mol. The third-order valence-corrected chi connectivity index (χ3v) is 4.79. The molecule has 29 heavy (non-hydrogen) atoms. The second-order valence-corrected chi connectivity index (χ2v) is 7.35. The molecule has 0 saturated carbocycles. The van der Waals surface area contributed by atoms with Crippen LogP contribution in [0.15, 0.2) is 58.4 Å². The Balaban J connectivity index is 2.40. The van der Waals surface area contributed by atoms with Crippen molar-refractivity contribution in [2.45, 2.75) is 33.7 Å². The third kappa shape index (κ3) is 4.27. The number of benzene rings is 2. The van der Waals surface area contributed by atoms with Gasteiger partial charge in [-0.1, -0.05) is 29.4 Å². The summed E-state index contributed by atoms with van der Waals surface area (Å²) in [5, 5.41) is 19.0. The van der Waals surface area contributed by atoms with Crippen LogP contribution in [0.1, 0.15) is 36.7 Å². The van der Waals surface area contributed by atoms with Gasteiger partial charge in [-0.3, -0.25) is 4.79 Å². The lowest BCUT2D eigenvalue weighted by molar-refractivity contribution is 0.0699. The van der Waals surface area contributed by atoms with Crippen molar-refractivity contribution in [3.63, 3.8) is 0 Å². The molecule has 0 spiro atoms. The van der Waals surface area contributed by atoms with Gasteiger partial charge in [0.2, 0.25) is 0 Å². The van der Waals surface area contributed by atoms with Gasteiger partial charge >= 0.3 is 5.97 Å². The first-order chi connectivity index (χ1) is 13.8. The average molecular weight is 392 g/mol. The molecule has 2 N–H and O–H groups in total. The summed E-state index contributed by atoms with van der Waals surface area (Å²) in [5.74, 6) is -1.05. The molecule has 0 aromatic heterocycles. The van der Waals surface area contributed by atoms with Gasteiger partial charge in [-0.15, -0.1) is 0 Å². The number of fused-ring (bicyclic) bond motifs is 2. The zero-order valence-electron chi connectivity index (χ0n) is 16.8. The van der Waals surface area contributed by atoms with E-state index in [9.17, 15) is 19.8 Å². The van der Waals surface area contributed by atoms with Crippen LogP contribution in [-0.2, 0) is 13.0 Å². The standard InChI is InChI=1S/C23H24N2O4/c1-14(2)7-8-16-11-17(27)12-20-21(16)24-22-18(23(28)29)5-4-6-19(22)25(20)10-9-15(3)13-26/h4-7,9,11-12,26H,8,10,13H2,1-3H3,(H,28,29)/b15-9+. The van der Waals surface area contributed by atoms with Crippen LogP contribution in [0.2, 0.25) is 0 Å². The van der Waals surface area contributed by atoms with E-state index < -0.39 is 5.97 Å². The highest BCUT2D eigenvalue weighted by atomic mass is 16.4. The van der Waals surface area contributed by atoms with Gasteiger partial charge in [0.25, 0.3) is 0 Å². The van der Waals surface area contributed by atoms with E-state index in [1.54, 1.807) is 18.2 Å². The highest BCUT2D eigenvalue weighted by Crippen LogP contribution is 2.29. The van der Waals surface area contributed by atoms with Gasteiger partial charge in [0.05, 0.1) is 29.1 Å². The van der Waals surface area contributed by atoms with Crippen molar-refractivity contribution in [1.82, 2.24) is 9.55 Å². The van der Waals surface area contributed by atoms with Crippen LogP contribution in [0, 0.1) is 0 Å². The summed E-state index contributed by atoms with van der Waals surface area (Å²) in [6.45, 7) is 6.10. The lowest BCUT2D eigenvalue weighted by atomic mass is 10.0. The molecule has 1 aliphatic carbocycles. The fourth-order valence-electron chi connectivity index (χ4n) is 3.24. The molecule has 0 bridgehead atoms. The Hall–Kier alpha value is -3.25. The zero-order valence-corrected chi connectivity index (χ0v) is 16.8. The van der Waals surface area contributed by atoms with Gasteiger partial charge in [0.15, 0.2) is 5.43 Å². The fraction of sp³-hybridized carbons (Fsp3) is 0.261. The second-order valence-electron chi connectivity index (χ2n) is 7.35. The number of carboxylic acids is 1. The van der Waals surface area contributed by atoms with E-state index in [-0.39, 0.29) is 17.6 Å². The highest BCUT2D eigenvalue weighted by Gasteiger charge is 2.20. The van der Waals surface area contributed by atoms with Crippen molar-refractivity contribution in [2.24, 2.45) is 0 Å². The van der Waals surface area contributed by atoms with E-state index in [1.165, 1.54) is 12.1 Å². The maximum absolute atomic E-state index is 12.4. The predicted octanol–water partition coefficient (Wildman–Crippen LogP) is 3.65. The zero-order chi connectivity index (χ0) is 21.1. The van der Waals surface area contributed by atoms with Crippen LogP contribution in [0.3, 0.4) is 0 Å². The maximum Gasteiger partial charge on any atom is 0.337 e. The van der Waals surface area contributed by atoms with Crippen LogP contribution < -0.4 is 5.43 Å². The Kier molecular flexibility index (Phi) is 5.94. The van der Waals surface area contributed by atoms with Crippen LogP contribution in [-0.4, -0.2) is 32.3 Å². The number of nitrogens with zero attached hydrogens (tertiary/aromatic N) is 2. The first-order valence-corrected chi connectivity index (χ1v) is 9.41. The summed E-state index contributed by atoms with van der Waals surface area (Å²) >= 11 is 0. The van der Waals surface area contributed by atoms with E-state index in [2.05, 4.69) is 4.98 Å². The Morgan fingerprint density at radius 3 is 2.59 bits per heavy atom. The molecule has 0 saturated heterocycles. The monoisotopic (exact) mass is 392 g/mol. The summed E-state index contributed by atoms with van der Waals surface area (Å²) in [6, 6.07) is 8.08. The number of aromatic carboxylic acids is 1. The average Bonchev–Trinajstić information content (AvgIpc) is 2.68. The van der Waals surface area contributed by atoms with Gasteiger partial charge in [0, 0.05) is 12.6 Å². The molecule has 0 amide bonds. The molecule has 150 valence electrons. The molecule has 0 atom stereocenters. The number of hydrogen-bond donors (Lipinski definition) is 2. The van der Waals surface area contributed by atoms with Gasteiger partial charge in [-0.2, -0.15) is 0 Å². The largest absolute Gasteiger partial charge is 0.478 e. The number of hydrogen-bond acceptors (Lipinski definition) is 4. The van der Waals surface area contributed by atoms with Crippen LogP contribution >= 0.6 is 0 Å². The summed E-state index contributed by atoms with van der Waals surface area (Å²) in [6.07, 6.45) is 4.41. The number of carbonyl (C=O) groups is 1. The van der Waals surface area contributed by atoms with Crippen molar-refractivity contribution in [3.8, 4) is 11.4 Å². The maximum atomic E-state index is 12.4. The van der Waals surface area contributed by atoms with E-state index in [0.29, 0.717) is 35.4 Å². The third-order valence-electron chi connectivity index (χ3n) is 4.79. The van der Waals surface area contributed by atoms with Gasteiger partial charge in [-0.25, -0.2) is 9.78 Å². The van der Waals surface area contributed by atoms with Crippen molar-refractivity contribution < 1.29 is 15.0 Å². The van der Waals surface area contributed by atoms with E-state index >= 15 is 0 Å². The van der Waals surface area contributed by atoms with E-state index in [0.717, 1.165) is 16.7 Å². The van der Waals surface area contributed by atoms with E-state index in [4.69, 9.17) is 0 Å². The minimum absolute atomic E-state index is 0.0689. The van der Waals surface area contributed by atoms with Crippen LogP contribution in [0.5, 0.6) is 0 Å². The minimum Gasteiger partial charge on any atom is -0.478 e. The summed E-state index contributed by atoms with van der Waals surface area (Å²) < 4.78 is 1.89. The highest BCUT2D eigenvalue weighted by molar-refractivity contribution is 6.01. The van der Waals surface area contributed by atoms with Crippen LogP contribution in [0.25, 0.3) is 22.4 Å². The molecule has 2 aliphatic rings. The van der Waals surface area contributed by atoms with Gasteiger partial charge in [0.1, 0.15) is 5.52 Å². The van der Waals surface area contributed by atoms with Gasteiger partial charge < -0.3 is 14.8 Å². The first kappa shape index (κ1) is 20.5. The predicted molar refractivity (Wildman–Crippen MR) is 114 cm³/mol. The molecule has 3 rings (SSSR count). The molecule has 1 aliphatic heterocycles. The normalized spacial score (nSPS) is 11.8. The van der Waals surface area contributed by atoms with Crippen LogP contribution in [0.4, 0.5) is 0 Å². The molecule has 0 radical (unpaired) electrons. The number of para-hydroxylation sites is 1. The molecule has 6 heteroatoms. The summed E-state index contributed by atoms with van der Waals surface area (Å²) in [4.78, 5) is 28.9. The number of carboxylic acid groups (broad SMARTS) is 1.